The summed E-state index contributed by atoms with van der Waals surface area (Å²) in [6.07, 6.45) is 0. The first-order valence-corrected chi connectivity index (χ1v) is 11.0. The number of aromatic nitrogens is 1. The lowest BCUT2D eigenvalue weighted by molar-refractivity contribution is 0.0772. The van der Waals surface area contributed by atoms with Gasteiger partial charge in [0.15, 0.2) is 0 Å². The third-order valence-corrected chi connectivity index (χ3v) is 6.36. The number of nitrogens with zero attached hydrogens (tertiary/aromatic N) is 2. The molecule has 154 valence electrons. The number of aryl methyl sites for hydroxylation is 2. The normalized spacial score (nSPS) is 14.0. The van der Waals surface area contributed by atoms with E-state index < -0.39 is 0 Å². The van der Waals surface area contributed by atoms with Gasteiger partial charge in [-0.3, -0.25) is 14.4 Å². The van der Waals surface area contributed by atoms with Crippen LogP contribution in [-0.4, -0.2) is 45.9 Å². The van der Waals surface area contributed by atoms with Crippen LogP contribution in [-0.2, 0) is 7.05 Å². The van der Waals surface area contributed by atoms with Gasteiger partial charge in [-0.15, -0.1) is 0 Å². The van der Waals surface area contributed by atoms with Crippen molar-refractivity contribution in [2.24, 2.45) is 7.05 Å². The van der Waals surface area contributed by atoms with Crippen LogP contribution in [0.3, 0.4) is 0 Å². The van der Waals surface area contributed by atoms with Gasteiger partial charge in [0.25, 0.3) is 17.4 Å². The minimum atomic E-state index is -0.348. The zero-order valence-electron chi connectivity index (χ0n) is 17.0. The lowest BCUT2D eigenvalue weighted by Crippen LogP contribution is -2.37. The van der Waals surface area contributed by atoms with Crippen LogP contribution in [0.5, 0.6) is 0 Å². The molecule has 2 heterocycles. The molecule has 0 saturated carbocycles. The van der Waals surface area contributed by atoms with Gasteiger partial charge in [-0.25, -0.2) is 0 Å². The molecule has 1 fully saturated rings. The van der Waals surface area contributed by atoms with Gasteiger partial charge in [0.05, 0.1) is 11.1 Å². The maximum Gasteiger partial charge on any atom is 0.256 e. The number of fused-ring (bicyclic) bond motifs is 1. The zero-order valence-corrected chi connectivity index (χ0v) is 17.8. The largest absolute Gasteiger partial charge is 0.337 e. The fraction of sp³-hybridized carbons (Fsp3) is 0.261. The molecular weight excluding hydrogens is 398 g/mol. The second-order valence-corrected chi connectivity index (χ2v) is 8.59. The van der Waals surface area contributed by atoms with Crippen LogP contribution in [0.2, 0.25) is 0 Å². The minimum Gasteiger partial charge on any atom is -0.337 e. The van der Waals surface area contributed by atoms with Crippen LogP contribution < -0.4 is 10.9 Å². The number of anilines is 1. The summed E-state index contributed by atoms with van der Waals surface area (Å²) in [5.41, 5.74) is 2.84. The first-order chi connectivity index (χ1) is 14.5. The van der Waals surface area contributed by atoms with Crippen molar-refractivity contribution < 1.29 is 9.59 Å². The number of carbonyl (C=O) groups is 2. The molecule has 2 aromatic carbocycles. The molecule has 4 rings (SSSR count). The van der Waals surface area contributed by atoms with E-state index in [9.17, 15) is 14.4 Å². The van der Waals surface area contributed by atoms with E-state index in [2.05, 4.69) is 5.32 Å². The standard InChI is InChI=1S/C23H23N3O3S/c1-15-13-16(23(29)26-9-11-30-12-10-26)7-8-19(15)24-22(28)18-14-21(27)25(2)20-6-4-3-5-17(18)20/h3-8,13-14H,9-12H2,1-2H3,(H,24,28). The van der Waals surface area contributed by atoms with E-state index in [0.29, 0.717) is 27.7 Å². The van der Waals surface area contributed by atoms with Gasteiger partial charge in [-0.1, -0.05) is 18.2 Å². The molecule has 0 spiro atoms. The molecule has 6 nitrogen and oxygen atoms in total. The molecule has 1 aromatic heterocycles. The predicted octanol–water partition coefficient (Wildman–Crippen LogP) is 3.29. The van der Waals surface area contributed by atoms with Crippen molar-refractivity contribution in [3.8, 4) is 0 Å². The van der Waals surface area contributed by atoms with Crippen LogP contribution in [0.1, 0.15) is 26.3 Å². The SMILES string of the molecule is Cc1cc(C(=O)N2CCSCC2)ccc1NC(=O)c1cc(=O)n(C)c2ccccc12. The van der Waals surface area contributed by atoms with Crippen molar-refractivity contribution in [3.05, 3.63) is 75.6 Å². The molecule has 0 aliphatic carbocycles. The summed E-state index contributed by atoms with van der Waals surface area (Å²) in [5, 5.41) is 3.61. The van der Waals surface area contributed by atoms with Gasteiger partial charge in [-0.2, -0.15) is 11.8 Å². The molecule has 1 aliphatic heterocycles. The topological polar surface area (TPSA) is 71.4 Å². The lowest BCUT2D eigenvalue weighted by atomic mass is 10.1. The van der Waals surface area contributed by atoms with Crippen molar-refractivity contribution in [2.45, 2.75) is 6.92 Å². The minimum absolute atomic E-state index is 0.0221. The van der Waals surface area contributed by atoms with E-state index in [0.717, 1.165) is 30.2 Å². The first-order valence-electron chi connectivity index (χ1n) is 9.83. The highest BCUT2D eigenvalue weighted by molar-refractivity contribution is 7.99. The molecule has 1 aliphatic rings. The molecule has 2 amide bonds. The number of nitrogens with one attached hydrogen (secondary N) is 1. The maximum atomic E-state index is 13.0. The van der Waals surface area contributed by atoms with Gasteiger partial charge in [0.1, 0.15) is 0 Å². The number of rotatable bonds is 3. The number of hydrogen-bond acceptors (Lipinski definition) is 4. The number of pyridine rings is 1. The average Bonchev–Trinajstić information content (AvgIpc) is 2.77. The van der Waals surface area contributed by atoms with E-state index in [1.807, 2.05) is 53.9 Å². The Kier molecular flexibility index (Phi) is 5.63. The highest BCUT2D eigenvalue weighted by Gasteiger charge is 2.20. The van der Waals surface area contributed by atoms with Crippen molar-refractivity contribution in [3.63, 3.8) is 0 Å². The summed E-state index contributed by atoms with van der Waals surface area (Å²) in [6.45, 7) is 3.38. The van der Waals surface area contributed by atoms with Crippen LogP contribution >= 0.6 is 11.8 Å². The molecule has 0 atom stereocenters. The van der Waals surface area contributed by atoms with Crippen molar-refractivity contribution in [1.82, 2.24) is 9.47 Å². The number of amides is 2. The van der Waals surface area contributed by atoms with Crippen LogP contribution in [0, 0.1) is 6.92 Å². The molecule has 0 bridgehead atoms. The Morgan fingerprint density at radius 3 is 2.50 bits per heavy atom. The number of thioether (sulfide) groups is 1. The fourth-order valence-electron chi connectivity index (χ4n) is 3.67. The summed E-state index contributed by atoms with van der Waals surface area (Å²) in [7, 11) is 1.69. The van der Waals surface area contributed by atoms with Gasteiger partial charge in [0, 0.05) is 54.3 Å². The molecule has 3 aromatic rings. The van der Waals surface area contributed by atoms with Crippen LogP contribution in [0.15, 0.2) is 53.3 Å². The fourth-order valence-corrected chi connectivity index (χ4v) is 4.58. The Morgan fingerprint density at radius 1 is 1.03 bits per heavy atom. The number of carbonyl (C=O) groups excluding carboxylic acids is 2. The van der Waals surface area contributed by atoms with Crippen molar-refractivity contribution in [2.75, 3.05) is 29.9 Å². The first kappa shape index (κ1) is 20.2. The third kappa shape index (κ3) is 3.85. The van der Waals surface area contributed by atoms with E-state index in [1.54, 1.807) is 19.2 Å². The number of para-hydroxylation sites is 1. The van der Waals surface area contributed by atoms with Crippen molar-refractivity contribution >= 4 is 40.2 Å². The summed E-state index contributed by atoms with van der Waals surface area (Å²) < 4.78 is 1.52. The molecular formula is C23H23N3O3S. The zero-order chi connectivity index (χ0) is 21.3. The van der Waals surface area contributed by atoms with Gasteiger partial charge >= 0.3 is 0 Å². The second-order valence-electron chi connectivity index (χ2n) is 7.36. The summed E-state index contributed by atoms with van der Waals surface area (Å²) in [4.78, 5) is 39.8. The number of benzene rings is 2. The molecule has 1 N–H and O–H groups in total. The number of hydrogen-bond donors (Lipinski definition) is 1. The second kappa shape index (κ2) is 8.36. The smallest absolute Gasteiger partial charge is 0.256 e. The third-order valence-electron chi connectivity index (χ3n) is 5.42. The molecule has 1 saturated heterocycles. The molecule has 7 heteroatoms. The highest BCUT2D eigenvalue weighted by atomic mass is 32.2. The summed E-state index contributed by atoms with van der Waals surface area (Å²) in [6, 6.07) is 14.0. The Balaban J connectivity index is 1.60. The van der Waals surface area contributed by atoms with Gasteiger partial charge in [-0.05, 0) is 36.8 Å². The predicted molar refractivity (Wildman–Crippen MR) is 122 cm³/mol. The Bertz CT molecular complexity index is 1200. The quantitative estimate of drug-likeness (QED) is 0.705. The Labute approximate surface area is 178 Å². The monoisotopic (exact) mass is 421 g/mol. The summed E-state index contributed by atoms with van der Waals surface area (Å²) in [5.74, 6) is 1.60. The van der Waals surface area contributed by atoms with Gasteiger partial charge < -0.3 is 14.8 Å². The maximum absolute atomic E-state index is 13.0. The Morgan fingerprint density at radius 2 is 1.77 bits per heavy atom. The van der Waals surface area contributed by atoms with E-state index in [1.165, 1.54) is 10.6 Å². The average molecular weight is 422 g/mol. The van der Waals surface area contributed by atoms with Crippen LogP contribution in [0.25, 0.3) is 10.9 Å². The van der Waals surface area contributed by atoms with E-state index in [4.69, 9.17) is 0 Å². The van der Waals surface area contributed by atoms with E-state index >= 15 is 0 Å². The van der Waals surface area contributed by atoms with E-state index in [-0.39, 0.29) is 17.4 Å². The molecule has 30 heavy (non-hydrogen) atoms. The van der Waals surface area contributed by atoms with Crippen molar-refractivity contribution in [1.29, 1.82) is 0 Å². The Hall–Kier alpha value is -3.06. The lowest BCUT2D eigenvalue weighted by Gasteiger charge is -2.26. The molecule has 0 radical (unpaired) electrons. The summed E-state index contributed by atoms with van der Waals surface area (Å²) >= 11 is 1.86. The van der Waals surface area contributed by atoms with Gasteiger partial charge in [0.2, 0.25) is 0 Å². The highest BCUT2D eigenvalue weighted by Crippen LogP contribution is 2.22. The molecule has 0 unspecified atom stereocenters. The van der Waals surface area contributed by atoms with Crippen LogP contribution in [0.4, 0.5) is 5.69 Å².